The van der Waals surface area contributed by atoms with E-state index in [1.165, 1.54) is 0 Å². The molecule has 1 aliphatic rings. The van der Waals surface area contributed by atoms with E-state index in [0.29, 0.717) is 12.6 Å². The van der Waals surface area contributed by atoms with Gasteiger partial charge < -0.3 is 19.4 Å². The molecule has 84 valence electrons. The highest BCUT2D eigenvalue weighted by atomic mass is 16.5. The van der Waals surface area contributed by atoms with Gasteiger partial charge in [-0.25, -0.2) is 4.98 Å². The average molecular weight is 211 g/mol. The Labute approximate surface area is 89.4 Å². The maximum Gasteiger partial charge on any atom is 0.296 e. The van der Waals surface area contributed by atoms with E-state index in [9.17, 15) is 0 Å². The third kappa shape index (κ3) is 2.70. The molecule has 2 heterocycles. The number of ether oxygens (including phenoxy) is 2. The van der Waals surface area contributed by atoms with Crippen LogP contribution in [0.25, 0.3) is 0 Å². The predicted octanol–water partition coefficient (Wildman–Crippen LogP) is 0.176. The number of nitrogens with one attached hydrogen (secondary N) is 1. The van der Waals surface area contributed by atoms with Gasteiger partial charge in [-0.05, 0) is 6.92 Å². The molecule has 1 saturated heterocycles. The van der Waals surface area contributed by atoms with Crippen LogP contribution < -0.4 is 10.1 Å². The Balaban J connectivity index is 1.80. The van der Waals surface area contributed by atoms with Crippen molar-refractivity contribution >= 4 is 0 Å². The maximum atomic E-state index is 5.70. The number of morpholine rings is 1. The van der Waals surface area contributed by atoms with Crippen molar-refractivity contribution in [3.8, 4) is 6.01 Å². The Kier molecular flexibility index (Phi) is 3.23. The SMILES string of the molecule is CC1CNCC(COc2nccn2C)O1. The first-order chi connectivity index (χ1) is 7.25. The second-order valence-electron chi connectivity index (χ2n) is 3.86. The van der Waals surface area contributed by atoms with Gasteiger partial charge in [0.1, 0.15) is 12.7 Å². The molecule has 2 atom stereocenters. The quantitative estimate of drug-likeness (QED) is 0.774. The molecule has 5 nitrogen and oxygen atoms in total. The largest absolute Gasteiger partial charge is 0.462 e. The van der Waals surface area contributed by atoms with Crippen LogP contribution in [0.3, 0.4) is 0 Å². The molecule has 1 aromatic rings. The molecule has 2 rings (SSSR count). The monoisotopic (exact) mass is 211 g/mol. The van der Waals surface area contributed by atoms with Gasteiger partial charge in [-0.1, -0.05) is 0 Å². The minimum Gasteiger partial charge on any atom is -0.462 e. The van der Waals surface area contributed by atoms with E-state index in [2.05, 4.69) is 17.2 Å². The van der Waals surface area contributed by atoms with Crippen LogP contribution in [0.4, 0.5) is 0 Å². The summed E-state index contributed by atoms with van der Waals surface area (Å²) in [6.07, 6.45) is 3.95. The number of hydrogen-bond acceptors (Lipinski definition) is 4. The lowest BCUT2D eigenvalue weighted by atomic mass is 10.2. The second-order valence-corrected chi connectivity index (χ2v) is 3.86. The number of aromatic nitrogens is 2. The molecule has 1 fully saturated rings. The first kappa shape index (κ1) is 10.4. The number of rotatable bonds is 3. The van der Waals surface area contributed by atoms with E-state index in [-0.39, 0.29) is 12.2 Å². The maximum absolute atomic E-state index is 5.70. The fourth-order valence-corrected chi connectivity index (χ4v) is 1.63. The zero-order valence-corrected chi connectivity index (χ0v) is 9.14. The van der Waals surface area contributed by atoms with Crippen LogP contribution >= 0.6 is 0 Å². The molecule has 2 unspecified atom stereocenters. The summed E-state index contributed by atoms with van der Waals surface area (Å²) in [5.41, 5.74) is 0. The highest BCUT2D eigenvalue weighted by Crippen LogP contribution is 2.08. The van der Waals surface area contributed by atoms with Crippen LogP contribution in [0.5, 0.6) is 6.01 Å². The summed E-state index contributed by atoms with van der Waals surface area (Å²) >= 11 is 0. The van der Waals surface area contributed by atoms with Gasteiger partial charge in [-0.15, -0.1) is 0 Å². The lowest BCUT2D eigenvalue weighted by molar-refractivity contribution is -0.0486. The summed E-state index contributed by atoms with van der Waals surface area (Å²) in [7, 11) is 1.91. The predicted molar refractivity (Wildman–Crippen MR) is 55.9 cm³/mol. The normalized spacial score (nSPS) is 26.5. The van der Waals surface area contributed by atoms with Crippen LogP contribution in [-0.2, 0) is 11.8 Å². The molecule has 1 aliphatic heterocycles. The van der Waals surface area contributed by atoms with Gasteiger partial charge in [-0.2, -0.15) is 0 Å². The number of nitrogens with zero attached hydrogens (tertiary/aromatic N) is 2. The summed E-state index contributed by atoms with van der Waals surface area (Å²) in [5, 5.41) is 3.30. The third-order valence-corrected chi connectivity index (χ3v) is 2.40. The van der Waals surface area contributed by atoms with Crippen molar-refractivity contribution in [1.29, 1.82) is 0 Å². The molecule has 0 radical (unpaired) electrons. The highest BCUT2D eigenvalue weighted by molar-refractivity contribution is 4.97. The molecule has 1 aromatic heterocycles. The van der Waals surface area contributed by atoms with E-state index in [0.717, 1.165) is 13.1 Å². The molecule has 1 N–H and O–H groups in total. The van der Waals surface area contributed by atoms with Crippen LogP contribution in [0.15, 0.2) is 12.4 Å². The van der Waals surface area contributed by atoms with Crippen molar-refractivity contribution in [2.75, 3.05) is 19.7 Å². The van der Waals surface area contributed by atoms with Crippen LogP contribution in [-0.4, -0.2) is 41.5 Å². The molecule has 5 heteroatoms. The van der Waals surface area contributed by atoms with Gasteiger partial charge in [0.25, 0.3) is 6.01 Å². The van der Waals surface area contributed by atoms with Gasteiger partial charge in [-0.3, -0.25) is 0 Å². The van der Waals surface area contributed by atoms with E-state index < -0.39 is 0 Å². The standard InChI is InChI=1S/C10H17N3O2/c1-8-5-11-6-9(15-8)7-14-10-12-3-4-13(10)2/h3-4,8-9,11H,5-7H2,1-2H3. The zero-order chi connectivity index (χ0) is 10.7. The molecule has 0 spiro atoms. The van der Waals surface area contributed by atoms with Crippen molar-refractivity contribution in [3.05, 3.63) is 12.4 Å². The Morgan fingerprint density at radius 2 is 2.53 bits per heavy atom. The van der Waals surface area contributed by atoms with E-state index in [1.54, 1.807) is 6.20 Å². The van der Waals surface area contributed by atoms with Gasteiger partial charge in [0, 0.05) is 32.5 Å². The zero-order valence-electron chi connectivity index (χ0n) is 9.14. The molecule has 0 saturated carbocycles. The van der Waals surface area contributed by atoms with Gasteiger partial charge >= 0.3 is 0 Å². The lowest BCUT2D eigenvalue weighted by Crippen LogP contribution is -2.46. The first-order valence-electron chi connectivity index (χ1n) is 5.22. The van der Waals surface area contributed by atoms with Crippen LogP contribution in [0.1, 0.15) is 6.92 Å². The number of aryl methyl sites for hydroxylation is 1. The molecular formula is C10H17N3O2. The van der Waals surface area contributed by atoms with Crippen molar-refractivity contribution in [3.63, 3.8) is 0 Å². The Hall–Kier alpha value is -1.07. The first-order valence-corrected chi connectivity index (χ1v) is 5.22. The van der Waals surface area contributed by atoms with Crippen molar-refractivity contribution in [2.24, 2.45) is 7.05 Å². The van der Waals surface area contributed by atoms with E-state index >= 15 is 0 Å². The minimum absolute atomic E-state index is 0.116. The average Bonchev–Trinajstić information content (AvgIpc) is 2.61. The topological polar surface area (TPSA) is 48.3 Å². The van der Waals surface area contributed by atoms with Crippen molar-refractivity contribution < 1.29 is 9.47 Å². The Morgan fingerprint density at radius 1 is 1.67 bits per heavy atom. The smallest absolute Gasteiger partial charge is 0.296 e. The Morgan fingerprint density at radius 3 is 3.20 bits per heavy atom. The molecule has 0 aliphatic carbocycles. The van der Waals surface area contributed by atoms with Crippen LogP contribution in [0.2, 0.25) is 0 Å². The van der Waals surface area contributed by atoms with Gasteiger partial charge in [0.2, 0.25) is 0 Å². The van der Waals surface area contributed by atoms with Crippen LogP contribution in [0, 0.1) is 0 Å². The summed E-state index contributed by atoms with van der Waals surface area (Å²) in [6, 6.07) is 0.636. The fourth-order valence-electron chi connectivity index (χ4n) is 1.63. The molecule has 0 aromatic carbocycles. The third-order valence-electron chi connectivity index (χ3n) is 2.40. The van der Waals surface area contributed by atoms with E-state index in [4.69, 9.17) is 9.47 Å². The molecule has 0 bridgehead atoms. The highest BCUT2D eigenvalue weighted by Gasteiger charge is 2.19. The lowest BCUT2D eigenvalue weighted by Gasteiger charge is -2.28. The minimum atomic E-state index is 0.116. The van der Waals surface area contributed by atoms with Gasteiger partial charge in [0.15, 0.2) is 0 Å². The molecule has 15 heavy (non-hydrogen) atoms. The van der Waals surface area contributed by atoms with E-state index in [1.807, 2.05) is 17.8 Å². The number of hydrogen-bond donors (Lipinski definition) is 1. The molecular weight excluding hydrogens is 194 g/mol. The van der Waals surface area contributed by atoms with Crippen molar-refractivity contribution in [2.45, 2.75) is 19.1 Å². The summed E-state index contributed by atoms with van der Waals surface area (Å²) in [5.74, 6) is 0. The summed E-state index contributed by atoms with van der Waals surface area (Å²) in [4.78, 5) is 4.08. The second kappa shape index (κ2) is 4.63. The fraction of sp³-hybridized carbons (Fsp3) is 0.700. The summed E-state index contributed by atoms with van der Waals surface area (Å²) < 4.78 is 13.1. The number of imidazole rings is 1. The van der Waals surface area contributed by atoms with Gasteiger partial charge in [0.05, 0.1) is 6.10 Å². The molecule has 0 amide bonds. The summed E-state index contributed by atoms with van der Waals surface area (Å²) in [6.45, 7) is 4.36. The van der Waals surface area contributed by atoms with Crippen molar-refractivity contribution in [1.82, 2.24) is 14.9 Å². The Bertz CT molecular complexity index is 313.